The van der Waals surface area contributed by atoms with Gasteiger partial charge in [0.05, 0.1) is 5.92 Å². The lowest BCUT2D eigenvalue weighted by atomic mass is 9.87. The van der Waals surface area contributed by atoms with Gasteiger partial charge in [0.2, 0.25) is 0 Å². The quantitative estimate of drug-likeness (QED) is 0.818. The first kappa shape index (κ1) is 14.3. The molecule has 1 saturated heterocycles. The molecule has 1 aromatic rings. The highest BCUT2D eigenvalue weighted by Gasteiger charge is 2.54. The first-order chi connectivity index (χ1) is 8.73. The van der Waals surface area contributed by atoms with E-state index in [1.54, 1.807) is 20.0 Å². The van der Waals surface area contributed by atoms with E-state index >= 15 is 0 Å². The fourth-order valence-corrected chi connectivity index (χ4v) is 2.88. The summed E-state index contributed by atoms with van der Waals surface area (Å²) in [6.07, 6.45) is -2.25. The second-order valence-electron chi connectivity index (χ2n) is 5.71. The van der Waals surface area contributed by atoms with Gasteiger partial charge < -0.3 is 0 Å². The smallest absolute Gasteiger partial charge is 0.293 e. The summed E-state index contributed by atoms with van der Waals surface area (Å²) in [7, 11) is 0. The topological polar surface area (TPSA) is 16.1 Å². The van der Waals surface area contributed by atoms with Crippen molar-refractivity contribution in [1.29, 1.82) is 0 Å². The van der Waals surface area contributed by atoms with Crippen molar-refractivity contribution in [3.63, 3.8) is 0 Å². The number of nitrogens with zero attached hydrogens (tertiary/aromatic N) is 2. The van der Waals surface area contributed by atoms with Crippen LogP contribution in [-0.4, -0.2) is 28.1 Å². The summed E-state index contributed by atoms with van der Waals surface area (Å²) in [4.78, 5) is 6.10. The van der Waals surface area contributed by atoms with Gasteiger partial charge in [-0.05, 0) is 45.4 Å². The van der Waals surface area contributed by atoms with Crippen molar-refractivity contribution in [2.24, 2.45) is 5.92 Å². The SMILES string of the molecule is Cc1ncccc1CN1CC[C@H](C(F)(F)F)C1(C)C. The molecule has 0 aliphatic carbocycles. The van der Waals surface area contributed by atoms with Crippen molar-refractivity contribution in [2.75, 3.05) is 6.54 Å². The molecule has 19 heavy (non-hydrogen) atoms. The first-order valence-electron chi connectivity index (χ1n) is 6.45. The molecule has 0 N–H and O–H groups in total. The Balaban J connectivity index is 2.18. The summed E-state index contributed by atoms with van der Waals surface area (Å²) in [6, 6.07) is 3.76. The van der Waals surface area contributed by atoms with Crippen LogP contribution in [0.25, 0.3) is 0 Å². The summed E-state index contributed by atoms with van der Waals surface area (Å²) >= 11 is 0. The van der Waals surface area contributed by atoms with Gasteiger partial charge in [-0.3, -0.25) is 9.88 Å². The summed E-state index contributed by atoms with van der Waals surface area (Å²) in [5.41, 5.74) is 1.02. The summed E-state index contributed by atoms with van der Waals surface area (Å²) in [6.45, 7) is 6.26. The normalized spacial score (nSPS) is 23.8. The van der Waals surface area contributed by atoms with Crippen LogP contribution in [0.1, 0.15) is 31.5 Å². The zero-order valence-corrected chi connectivity index (χ0v) is 11.5. The number of hydrogen-bond acceptors (Lipinski definition) is 2. The Morgan fingerprint density at radius 3 is 2.63 bits per heavy atom. The molecule has 0 amide bonds. The number of aromatic nitrogens is 1. The average Bonchev–Trinajstić information content (AvgIpc) is 2.57. The molecule has 1 fully saturated rings. The maximum absolute atomic E-state index is 13.0. The van der Waals surface area contributed by atoms with Gasteiger partial charge in [0, 0.05) is 24.0 Å². The fourth-order valence-electron chi connectivity index (χ4n) is 2.88. The van der Waals surface area contributed by atoms with Crippen LogP contribution in [0.2, 0.25) is 0 Å². The van der Waals surface area contributed by atoms with Crippen LogP contribution < -0.4 is 0 Å². The van der Waals surface area contributed by atoms with Crippen LogP contribution in [-0.2, 0) is 6.54 Å². The highest BCUT2D eigenvalue weighted by molar-refractivity contribution is 5.19. The van der Waals surface area contributed by atoms with Crippen molar-refractivity contribution in [1.82, 2.24) is 9.88 Å². The van der Waals surface area contributed by atoms with E-state index in [2.05, 4.69) is 4.98 Å². The van der Waals surface area contributed by atoms with E-state index in [1.165, 1.54) is 0 Å². The van der Waals surface area contributed by atoms with Crippen LogP contribution in [0.5, 0.6) is 0 Å². The Morgan fingerprint density at radius 1 is 1.42 bits per heavy atom. The molecule has 106 valence electrons. The van der Waals surface area contributed by atoms with Gasteiger partial charge in [0.1, 0.15) is 0 Å². The molecule has 2 heterocycles. The molecule has 0 radical (unpaired) electrons. The highest BCUT2D eigenvalue weighted by atomic mass is 19.4. The van der Waals surface area contributed by atoms with Gasteiger partial charge in [-0.25, -0.2) is 0 Å². The Labute approximate surface area is 111 Å². The average molecular weight is 272 g/mol. The first-order valence-corrected chi connectivity index (χ1v) is 6.45. The predicted molar refractivity (Wildman–Crippen MR) is 67.6 cm³/mol. The number of alkyl halides is 3. The van der Waals surface area contributed by atoms with E-state index in [-0.39, 0.29) is 6.42 Å². The zero-order chi connectivity index (χ0) is 14.3. The molecule has 1 aliphatic rings. The number of aryl methyl sites for hydroxylation is 1. The summed E-state index contributed by atoms with van der Waals surface area (Å²) in [5.74, 6) is -1.25. The highest BCUT2D eigenvalue weighted by Crippen LogP contribution is 2.45. The Bertz CT molecular complexity index is 454. The number of hydrogen-bond donors (Lipinski definition) is 0. The van der Waals surface area contributed by atoms with Crippen LogP contribution >= 0.6 is 0 Å². The van der Waals surface area contributed by atoms with E-state index in [0.29, 0.717) is 13.1 Å². The Morgan fingerprint density at radius 2 is 2.11 bits per heavy atom. The molecular weight excluding hydrogens is 253 g/mol. The fraction of sp³-hybridized carbons (Fsp3) is 0.643. The van der Waals surface area contributed by atoms with Crippen LogP contribution in [0.15, 0.2) is 18.3 Å². The van der Waals surface area contributed by atoms with Crippen molar-refractivity contribution < 1.29 is 13.2 Å². The van der Waals surface area contributed by atoms with Crippen molar-refractivity contribution >= 4 is 0 Å². The van der Waals surface area contributed by atoms with Crippen molar-refractivity contribution in [2.45, 2.75) is 45.5 Å². The minimum atomic E-state index is -4.12. The van der Waals surface area contributed by atoms with Crippen molar-refractivity contribution in [3.8, 4) is 0 Å². The molecular formula is C14H19F3N2. The van der Waals surface area contributed by atoms with Gasteiger partial charge in [-0.2, -0.15) is 13.2 Å². The van der Waals surface area contributed by atoms with Crippen LogP contribution in [0.4, 0.5) is 13.2 Å². The third-order valence-corrected chi connectivity index (χ3v) is 4.23. The molecule has 1 aliphatic heterocycles. The molecule has 0 saturated carbocycles. The van der Waals surface area contributed by atoms with Crippen LogP contribution in [0.3, 0.4) is 0 Å². The maximum atomic E-state index is 13.0. The van der Waals surface area contributed by atoms with Crippen LogP contribution in [0, 0.1) is 12.8 Å². The third kappa shape index (κ3) is 2.76. The van der Waals surface area contributed by atoms with E-state index < -0.39 is 17.6 Å². The van der Waals surface area contributed by atoms with Gasteiger partial charge in [-0.1, -0.05) is 6.07 Å². The Kier molecular flexibility index (Phi) is 3.60. The summed E-state index contributed by atoms with van der Waals surface area (Å²) < 4.78 is 39.0. The molecule has 5 heteroatoms. The lowest BCUT2D eigenvalue weighted by molar-refractivity contribution is -0.191. The molecule has 2 nitrogen and oxygen atoms in total. The molecule has 0 unspecified atom stereocenters. The minimum Gasteiger partial charge on any atom is -0.293 e. The van der Waals surface area contributed by atoms with E-state index in [4.69, 9.17) is 0 Å². The number of likely N-dealkylation sites (tertiary alicyclic amines) is 1. The number of pyridine rings is 1. The zero-order valence-electron chi connectivity index (χ0n) is 11.5. The minimum absolute atomic E-state index is 0.176. The summed E-state index contributed by atoms with van der Waals surface area (Å²) in [5, 5.41) is 0. The lowest BCUT2D eigenvalue weighted by Gasteiger charge is -2.37. The lowest BCUT2D eigenvalue weighted by Crippen LogP contribution is -2.46. The van der Waals surface area contributed by atoms with E-state index in [9.17, 15) is 13.2 Å². The van der Waals surface area contributed by atoms with E-state index in [1.807, 2.05) is 24.0 Å². The monoisotopic (exact) mass is 272 g/mol. The third-order valence-electron chi connectivity index (χ3n) is 4.23. The molecule has 2 rings (SSSR count). The Hall–Kier alpha value is -1.10. The molecule has 0 aromatic carbocycles. The van der Waals surface area contributed by atoms with Crippen molar-refractivity contribution in [3.05, 3.63) is 29.6 Å². The number of rotatable bonds is 2. The molecule has 1 atom stereocenters. The van der Waals surface area contributed by atoms with E-state index in [0.717, 1.165) is 11.3 Å². The molecule has 0 bridgehead atoms. The second-order valence-corrected chi connectivity index (χ2v) is 5.71. The number of halogens is 3. The second kappa shape index (κ2) is 4.78. The van der Waals surface area contributed by atoms with Gasteiger partial charge in [0.15, 0.2) is 0 Å². The van der Waals surface area contributed by atoms with Gasteiger partial charge in [-0.15, -0.1) is 0 Å². The standard InChI is InChI=1S/C14H19F3N2/c1-10-11(5-4-7-18-10)9-19-8-6-12(13(19,2)3)14(15,16)17/h4-5,7,12H,6,8-9H2,1-3H3/t12-/m0/s1. The predicted octanol–water partition coefficient (Wildman–Crippen LogP) is 3.55. The maximum Gasteiger partial charge on any atom is 0.393 e. The molecule has 0 spiro atoms. The molecule has 1 aromatic heterocycles. The van der Waals surface area contributed by atoms with Gasteiger partial charge in [0.25, 0.3) is 0 Å². The largest absolute Gasteiger partial charge is 0.393 e. The van der Waals surface area contributed by atoms with Gasteiger partial charge >= 0.3 is 6.18 Å².